The lowest BCUT2D eigenvalue weighted by molar-refractivity contribution is -0.392. The Labute approximate surface area is 269 Å². The Morgan fingerprint density at radius 2 is 1.65 bits per heavy atom. The topological polar surface area (TPSA) is 190 Å². The van der Waals surface area contributed by atoms with Crippen LogP contribution in [0.15, 0.2) is 63.7 Å². The van der Waals surface area contributed by atoms with Gasteiger partial charge in [0.1, 0.15) is 0 Å². The molecule has 0 spiro atoms. The number of methoxy groups -OCH3 is 1. The molecule has 0 radical (unpaired) electrons. The minimum absolute atomic E-state index is 0.0405. The van der Waals surface area contributed by atoms with Crippen molar-refractivity contribution in [1.82, 2.24) is 0 Å². The number of rotatable bonds is 6. The summed E-state index contributed by atoms with van der Waals surface area (Å²) in [4.78, 5) is 79.2. The van der Waals surface area contributed by atoms with Crippen molar-refractivity contribution in [2.45, 2.75) is 18.8 Å². The van der Waals surface area contributed by atoms with E-state index in [-0.39, 0.29) is 51.3 Å². The van der Waals surface area contributed by atoms with Crippen molar-refractivity contribution in [3.05, 3.63) is 89.5 Å². The van der Waals surface area contributed by atoms with Crippen LogP contribution in [-0.2, 0) is 19.2 Å². The predicted molar refractivity (Wildman–Crippen MR) is 166 cm³/mol. The molecular weight excluding hydrogens is 668 g/mol. The highest BCUT2D eigenvalue weighted by atomic mass is 79.9. The lowest BCUT2D eigenvalue weighted by atomic mass is 9.59. The molecule has 0 aromatic heterocycles. The minimum Gasteiger partial charge on any atom is -0.504 e. The van der Waals surface area contributed by atoms with E-state index in [1.165, 1.54) is 44.3 Å². The fourth-order valence-corrected chi connectivity index (χ4v) is 7.63. The van der Waals surface area contributed by atoms with E-state index >= 15 is 0 Å². The summed E-state index contributed by atoms with van der Waals surface area (Å²) >= 11 is 3.16. The zero-order chi connectivity index (χ0) is 33.4. The summed E-state index contributed by atoms with van der Waals surface area (Å²) in [5.74, 6) is -5.82. The number of phenols is 1. The first kappa shape index (κ1) is 30.8. The van der Waals surface area contributed by atoms with Gasteiger partial charge in [0.15, 0.2) is 28.8 Å². The highest BCUT2D eigenvalue weighted by Gasteiger charge is 2.57. The van der Waals surface area contributed by atoms with Crippen LogP contribution in [0.5, 0.6) is 11.5 Å². The van der Waals surface area contributed by atoms with Gasteiger partial charge in [0.2, 0.25) is 11.8 Å². The van der Waals surface area contributed by atoms with Crippen molar-refractivity contribution >= 4 is 62.1 Å². The molecule has 1 fully saturated rings. The monoisotopic (exact) mass is 692 g/mol. The van der Waals surface area contributed by atoms with Crippen molar-refractivity contribution in [3.63, 3.8) is 0 Å². The number of ketones is 2. The van der Waals surface area contributed by atoms with Gasteiger partial charge in [0, 0.05) is 49.4 Å². The summed E-state index contributed by atoms with van der Waals surface area (Å²) in [5.41, 5.74) is -0.461. The summed E-state index contributed by atoms with van der Waals surface area (Å²) in [6.07, 6.45) is 2.98. The van der Waals surface area contributed by atoms with E-state index in [1.54, 1.807) is 12.1 Å². The third-order valence-electron chi connectivity index (χ3n) is 9.02. The molecule has 46 heavy (non-hydrogen) atoms. The molecule has 2 aromatic rings. The maximum absolute atomic E-state index is 14.2. The number of anilines is 2. The van der Waals surface area contributed by atoms with Crippen LogP contribution in [0.4, 0.5) is 22.7 Å². The fraction of sp³-hybridized carbons (Fsp3) is 0.290. The van der Waals surface area contributed by atoms with Crippen molar-refractivity contribution in [2.75, 3.05) is 31.0 Å². The van der Waals surface area contributed by atoms with Crippen LogP contribution in [0.1, 0.15) is 24.3 Å². The number of nitrogens with zero attached hydrogens (tertiary/aromatic N) is 4. The van der Waals surface area contributed by atoms with Crippen molar-refractivity contribution in [3.8, 4) is 11.5 Å². The summed E-state index contributed by atoms with van der Waals surface area (Å²) in [5, 5.41) is 34.6. The number of phenolic OH excluding ortho intramolecular Hbond substituents is 1. The first-order valence-corrected chi connectivity index (χ1v) is 14.8. The van der Waals surface area contributed by atoms with E-state index in [0.29, 0.717) is 11.1 Å². The Hall–Kier alpha value is -5.18. The molecule has 236 valence electrons. The number of amides is 2. The number of carbonyl (C=O) groups is 4. The number of nitro benzene ring substituents is 2. The maximum Gasteiger partial charge on any atom is 0.301 e. The zero-order valence-electron chi connectivity index (χ0n) is 24.6. The van der Waals surface area contributed by atoms with Gasteiger partial charge in [-0.05, 0) is 52.4 Å². The number of benzene rings is 2. The quantitative estimate of drug-likeness (QED) is 0.150. The van der Waals surface area contributed by atoms with Crippen molar-refractivity contribution in [2.24, 2.45) is 17.8 Å². The molecule has 2 aromatic carbocycles. The number of aromatic hydroxyl groups is 1. The molecule has 1 heterocycles. The number of nitro groups is 2. The third kappa shape index (κ3) is 4.52. The molecule has 14 nitrogen and oxygen atoms in total. The number of halogens is 1. The van der Waals surface area contributed by atoms with Gasteiger partial charge in [-0.2, -0.15) is 0 Å². The van der Waals surface area contributed by atoms with Crippen LogP contribution in [0.3, 0.4) is 0 Å². The molecule has 0 bridgehead atoms. The van der Waals surface area contributed by atoms with E-state index in [0.717, 1.165) is 17.0 Å². The molecule has 1 aliphatic heterocycles. The first-order valence-electron chi connectivity index (χ1n) is 14.0. The van der Waals surface area contributed by atoms with E-state index < -0.39 is 68.3 Å². The average Bonchev–Trinajstić information content (AvgIpc) is 3.27. The number of carbonyl (C=O) groups excluding carboxylic acids is 4. The second-order valence-corrected chi connectivity index (χ2v) is 12.4. The largest absolute Gasteiger partial charge is 0.504 e. The van der Waals surface area contributed by atoms with E-state index in [1.807, 2.05) is 0 Å². The standard InChI is InChI=1S/C31H25BrN4O10/c1-33(2)28-20(35(42)43)9-14(10-21(28)36(44)45)34-30(40)16-6-5-15-17(26(16)31(34)41)11-18-27(23(38)12-19(32)29(18)39)25(15)13-4-7-24(46-3)22(37)8-13/h4-5,7-10,12,16-17,25-26,37H,6,11H2,1-3H3. The van der Waals surface area contributed by atoms with Crippen LogP contribution < -0.4 is 14.5 Å². The summed E-state index contributed by atoms with van der Waals surface area (Å²) in [6.45, 7) is 0. The Balaban J connectivity index is 1.49. The predicted octanol–water partition coefficient (Wildman–Crippen LogP) is 4.25. The van der Waals surface area contributed by atoms with Crippen LogP contribution in [-0.4, -0.2) is 59.5 Å². The molecule has 1 N–H and O–H groups in total. The van der Waals surface area contributed by atoms with Crippen LogP contribution in [0, 0.1) is 38.0 Å². The molecule has 15 heteroatoms. The first-order chi connectivity index (χ1) is 21.8. The molecule has 2 amide bonds. The van der Waals surface area contributed by atoms with Crippen molar-refractivity contribution < 1.29 is 38.9 Å². The Bertz CT molecular complexity index is 1880. The Morgan fingerprint density at radius 3 is 2.22 bits per heavy atom. The number of hydrogen-bond acceptors (Lipinski definition) is 11. The summed E-state index contributed by atoms with van der Waals surface area (Å²) in [6, 6.07) is 6.53. The molecule has 4 aliphatic rings. The lowest BCUT2D eigenvalue weighted by Gasteiger charge is -2.42. The lowest BCUT2D eigenvalue weighted by Crippen LogP contribution is -2.39. The summed E-state index contributed by atoms with van der Waals surface area (Å²) in [7, 11) is 4.19. The van der Waals surface area contributed by atoms with Gasteiger partial charge in [-0.15, -0.1) is 0 Å². The Morgan fingerprint density at radius 1 is 1.00 bits per heavy atom. The third-order valence-corrected chi connectivity index (χ3v) is 9.61. The number of fused-ring (bicyclic) bond motifs is 3. The normalized spacial score (nSPS) is 23.8. The molecule has 4 atom stereocenters. The molecule has 6 rings (SSSR count). The van der Waals surface area contributed by atoms with Gasteiger partial charge in [0.05, 0.1) is 39.0 Å². The average molecular weight is 693 g/mol. The molecule has 0 saturated carbocycles. The highest BCUT2D eigenvalue weighted by molar-refractivity contribution is 9.12. The number of ether oxygens (including phenoxy) is 1. The van der Waals surface area contributed by atoms with E-state index in [2.05, 4.69) is 15.9 Å². The minimum atomic E-state index is -1.03. The summed E-state index contributed by atoms with van der Waals surface area (Å²) < 4.78 is 5.21. The van der Waals surface area contributed by atoms with Crippen LogP contribution in [0.25, 0.3) is 0 Å². The van der Waals surface area contributed by atoms with Crippen molar-refractivity contribution in [1.29, 1.82) is 0 Å². The van der Waals surface area contributed by atoms with Crippen LogP contribution in [0.2, 0.25) is 0 Å². The van der Waals surface area contributed by atoms with Gasteiger partial charge >= 0.3 is 11.4 Å². The van der Waals surface area contributed by atoms with Gasteiger partial charge in [-0.3, -0.25) is 39.4 Å². The molecule has 3 aliphatic carbocycles. The second-order valence-electron chi connectivity index (χ2n) is 11.6. The Kier molecular flexibility index (Phi) is 7.38. The van der Waals surface area contributed by atoms with Gasteiger partial charge in [-0.25, -0.2) is 4.90 Å². The molecule has 1 saturated heterocycles. The van der Waals surface area contributed by atoms with Gasteiger partial charge in [-0.1, -0.05) is 17.7 Å². The number of Topliss-reactive ketones (excluding diaryl/α,β-unsaturated/α-hetero) is 1. The van der Waals surface area contributed by atoms with E-state index in [9.17, 15) is 44.5 Å². The zero-order valence-corrected chi connectivity index (χ0v) is 26.1. The number of allylic oxidation sites excluding steroid dienone is 6. The van der Waals surface area contributed by atoms with Crippen LogP contribution >= 0.6 is 15.9 Å². The molecular formula is C31H25BrN4O10. The van der Waals surface area contributed by atoms with Gasteiger partial charge in [0.25, 0.3) is 0 Å². The smallest absolute Gasteiger partial charge is 0.301 e. The van der Waals surface area contributed by atoms with E-state index in [4.69, 9.17) is 4.74 Å². The number of hydrogen-bond donors (Lipinski definition) is 1. The number of imide groups is 1. The highest BCUT2D eigenvalue weighted by Crippen LogP contribution is 2.56. The fourth-order valence-electron chi connectivity index (χ4n) is 7.18. The van der Waals surface area contributed by atoms with Gasteiger partial charge < -0.3 is 14.7 Å². The molecule has 4 unspecified atom stereocenters. The maximum atomic E-state index is 14.2. The second kappa shape index (κ2) is 11.0. The SMILES string of the molecule is COc1ccc(C2C3=CCC4C(=O)N(c5cc([N+](=O)[O-])c(N(C)C)c([N+](=O)[O-])c5)C(=O)C4C3CC3=C2C(=O)C=C(Br)C3=O)cc1O.